The number of aromatic hydroxyl groups is 1. The number of hydrogen-bond donors (Lipinski definition) is 7. The van der Waals surface area contributed by atoms with Gasteiger partial charge in [0.25, 0.3) is 0 Å². The first-order valence-corrected chi connectivity index (χ1v) is 11.4. The lowest BCUT2D eigenvalue weighted by molar-refractivity contribution is -0.351. The molecule has 1 aromatic rings. The van der Waals surface area contributed by atoms with Crippen molar-refractivity contribution < 1.29 is 59.5 Å². The van der Waals surface area contributed by atoms with Crippen molar-refractivity contribution in [2.75, 3.05) is 6.61 Å². The molecule has 3 aliphatic rings. The van der Waals surface area contributed by atoms with Gasteiger partial charge in [0.05, 0.1) is 24.9 Å². The molecule has 1 aliphatic carbocycles. The lowest BCUT2D eigenvalue weighted by atomic mass is 9.81. The quantitative estimate of drug-likeness (QED) is 0.173. The van der Waals surface area contributed by atoms with E-state index in [-0.39, 0.29) is 12.2 Å². The van der Waals surface area contributed by atoms with Crippen molar-refractivity contribution in [3.8, 4) is 5.75 Å². The van der Waals surface area contributed by atoms with Crippen LogP contribution in [0.2, 0.25) is 0 Å². The van der Waals surface area contributed by atoms with Gasteiger partial charge in [-0.25, -0.2) is 4.79 Å². The van der Waals surface area contributed by atoms with Crippen molar-refractivity contribution in [2.24, 2.45) is 5.92 Å². The third kappa shape index (κ3) is 4.74. The Hall–Kier alpha value is -2.55. The van der Waals surface area contributed by atoms with Gasteiger partial charge in [-0.15, -0.1) is 0 Å². The number of carbonyl (C=O) groups is 1. The zero-order valence-corrected chi connectivity index (χ0v) is 19.3. The number of fused-ring (bicyclic) bond motifs is 1. The predicted octanol–water partition coefficient (Wildman–Crippen LogP) is -1.49. The van der Waals surface area contributed by atoms with Crippen molar-refractivity contribution in [3.63, 3.8) is 0 Å². The molecule has 0 amide bonds. The molecule has 0 radical (unpaired) electrons. The Morgan fingerprint density at radius 3 is 2.56 bits per heavy atom. The van der Waals surface area contributed by atoms with Crippen LogP contribution in [0.25, 0.3) is 6.08 Å². The first-order valence-electron chi connectivity index (χ1n) is 11.4. The van der Waals surface area contributed by atoms with Gasteiger partial charge in [-0.05, 0) is 25.1 Å². The second-order valence-corrected chi connectivity index (χ2v) is 9.35. The maximum absolute atomic E-state index is 12.7. The molecular formula is C24H30O12. The SMILES string of the molecule is C[C@]1(OC(=O)/C=C/c2ccccc2O)C[C@@H](O)[C@]2(O)C=COC(O[C@H]3O[C@@H](CO)[C@H](O)[C@@H](O)[C@@H]3O)C12. The number of benzene rings is 1. The molecule has 0 bridgehead atoms. The lowest BCUT2D eigenvalue weighted by Crippen LogP contribution is -2.62. The van der Waals surface area contributed by atoms with E-state index in [0.717, 1.165) is 12.3 Å². The number of phenols is 1. The number of aliphatic hydroxyl groups excluding tert-OH is 5. The van der Waals surface area contributed by atoms with Gasteiger partial charge in [0.2, 0.25) is 6.29 Å². The van der Waals surface area contributed by atoms with E-state index in [9.17, 15) is 40.5 Å². The zero-order valence-electron chi connectivity index (χ0n) is 19.3. The normalized spacial score (nSPS) is 42.2. The standard InChI is InChI=1S/C24H30O12/c1-23(36-16(28)7-6-12-4-2-3-5-13(12)26)10-15(27)24(32)8-9-33-22(20(23)24)35-21-19(31)18(30)17(29)14(11-25)34-21/h2-9,14-15,17-22,25-27,29-32H,10-11H2,1H3/b7-6+/t14-,15+,17-,18+,19-,20?,21+,22?,23-,24+/m0/s1. The minimum Gasteiger partial charge on any atom is -0.507 e. The van der Waals surface area contributed by atoms with E-state index in [1.807, 2.05) is 0 Å². The number of esters is 1. The summed E-state index contributed by atoms with van der Waals surface area (Å²) < 4.78 is 22.2. The fourth-order valence-corrected chi connectivity index (χ4v) is 4.97. The Morgan fingerprint density at radius 2 is 1.86 bits per heavy atom. The number of aliphatic hydroxyl groups is 6. The average molecular weight is 510 g/mol. The van der Waals surface area contributed by atoms with Crippen LogP contribution in [-0.4, -0.2) is 103 Å². The molecule has 0 aromatic heterocycles. The summed E-state index contributed by atoms with van der Waals surface area (Å²) in [7, 11) is 0. The summed E-state index contributed by atoms with van der Waals surface area (Å²) in [6, 6.07) is 6.33. The van der Waals surface area contributed by atoms with Crippen LogP contribution in [0.4, 0.5) is 0 Å². The van der Waals surface area contributed by atoms with Crippen LogP contribution in [0.5, 0.6) is 5.75 Å². The van der Waals surface area contributed by atoms with Crippen LogP contribution in [0.3, 0.4) is 0 Å². The van der Waals surface area contributed by atoms with E-state index >= 15 is 0 Å². The van der Waals surface area contributed by atoms with Gasteiger partial charge in [-0.2, -0.15) is 0 Å². The maximum atomic E-state index is 12.7. The predicted molar refractivity (Wildman–Crippen MR) is 120 cm³/mol. The Bertz CT molecular complexity index is 1010. The van der Waals surface area contributed by atoms with E-state index < -0.39 is 72.8 Å². The van der Waals surface area contributed by atoms with Crippen molar-refractivity contribution >= 4 is 12.0 Å². The molecule has 0 spiro atoms. The van der Waals surface area contributed by atoms with Crippen LogP contribution in [-0.2, 0) is 23.7 Å². The van der Waals surface area contributed by atoms with Gasteiger partial charge in [0, 0.05) is 18.1 Å². The van der Waals surface area contributed by atoms with Crippen LogP contribution in [0.1, 0.15) is 18.9 Å². The second kappa shape index (κ2) is 10.1. The van der Waals surface area contributed by atoms with Gasteiger partial charge in [0.1, 0.15) is 41.4 Å². The highest BCUT2D eigenvalue weighted by atomic mass is 16.8. The molecule has 10 atom stereocenters. The van der Waals surface area contributed by atoms with Crippen LogP contribution < -0.4 is 0 Å². The minimum absolute atomic E-state index is 0.0442. The molecule has 198 valence electrons. The van der Waals surface area contributed by atoms with Gasteiger partial charge in [-0.1, -0.05) is 18.2 Å². The average Bonchev–Trinajstić information content (AvgIpc) is 3.04. The third-order valence-corrected chi connectivity index (χ3v) is 6.89. The molecule has 2 fully saturated rings. The molecule has 4 rings (SSSR count). The van der Waals surface area contributed by atoms with Crippen LogP contribution >= 0.6 is 0 Å². The Balaban J connectivity index is 1.56. The van der Waals surface area contributed by atoms with E-state index in [4.69, 9.17) is 18.9 Å². The first kappa shape index (κ1) is 26.5. The van der Waals surface area contributed by atoms with E-state index in [1.165, 1.54) is 25.1 Å². The van der Waals surface area contributed by atoms with Gasteiger partial charge < -0.3 is 54.7 Å². The fraction of sp³-hybridized carbons (Fsp3) is 0.542. The topological polar surface area (TPSA) is 196 Å². The molecule has 1 saturated carbocycles. The molecule has 1 aromatic carbocycles. The van der Waals surface area contributed by atoms with Gasteiger partial charge >= 0.3 is 5.97 Å². The van der Waals surface area contributed by atoms with Crippen molar-refractivity contribution in [1.82, 2.24) is 0 Å². The maximum Gasteiger partial charge on any atom is 0.331 e. The Labute approximate surface area is 206 Å². The molecule has 12 heteroatoms. The summed E-state index contributed by atoms with van der Waals surface area (Å²) in [5.41, 5.74) is -3.12. The lowest BCUT2D eigenvalue weighted by Gasteiger charge is -2.45. The van der Waals surface area contributed by atoms with Crippen molar-refractivity contribution in [3.05, 3.63) is 48.2 Å². The van der Waals surface area contributed by atoms with Gasteiger partial charge in [-0.3, -0.25) is 0 Å². The van der Waals surface area contributed by atoms with Crippen molar-refractivity contribution in [2.45, 2.75) is 67.6 Å². The third-order valence-electron chi connectivity index (χ3n) is 6.89. The summed E-state index contributed by atoms with van der Waals surface area (Å²) >= 11 is 0. The monoisotopic (exact) mass is 510 g/mol. The molecule has 36 heavy (non-hydrogen) atoms. The largest absolute Gasteiger partial charge is 0.507 e. The van der Waals surface area contributed by atoms with E-state index in [0.29, 0.717) is 5.56 Å². The number of hydrogen-bond acceptors (Lipinski definition) is 12. The minimum atomic E-state index is -1.95. The first-order chi connectivity index (χ1) is 17.0. The highest BCUT2D eigenvalue weighted by Gasteiger charge is 2.66. The molecule has 2 unspecified atom stereocenters. The van der Waals surface area contributed by atoms with Crippen molar-refractivity contribution in [1.29, 1.82) is 0 Å². The Kier molecular flexibility index (Phi) is 7.42. The number of carbonyl (C=O) groups excluding carboxylic acids is 1. The van der Waals surface area contributed by atoms with E-state index in [2.05, 4.69) is 0 Å². The number of rotatable bonds is 6. The molecular weight excluding hydrogens is 480 g/mol. The summed E-state index contributed by atoms with van der Waals surface area (Å²) in [6.07, 6.45) is -6.23. The number of ether oxygens (including phenoxy) is 4. The highest BCUT2D eigenvalue weighted by molar-refractivity contribution is 5.88. The highest BCUT2D eigenvalue weighted by Crippen LogP contribution is 2.51. The number of phenolic OH excluding ortho intramolecular Hbond substituents is 1. The van der Waals surface area contributed by atoms with Crippen LogP contribution in [0.15, 0.2) is 42.7 Å². The van der Waals surface area contributed by atoms with Gasteiger partial charge in [0.15, 0.2) is 6.29 Å². The number of para-hydroxylation sites is 1. The molecule has 2 aliphatic heterocycles. The summed E-state index contributed by atoms with van der Waals surface area (Å²) in [5, 5.41) is 71.6. The summed E-state index contributed by atoms with van der Waals surface area (Å²) in [6.45, 7) is 0.789. The molecule has 12 nitrogen and oxygen atoms in total. The van der Waals surface area contributed by atoms with E-state index in [1.54, 1.807) is 18.2 Å². The second-order valence-electron chi connectivity index (χ2n) is 9.35. The van der Waals surface area contributed by atoms with Crippen LogP contribution in [0, 0.1) is 5.92 Å². The molecule has 1 saturated heterocycles. The zero-order chi connectivity index (χ0) is 26.3. The summed E-state index contributed by atoms with van der Waals surface area (Å²) in [4.78, 5) is 12.7. The summed E-state index contributed by atoms with van der Waals surface area (Å²) in [5.74, 6) is -2.10. The smallest absolute Gasteiger partial charge is 0.331 e. The fourth-order valence-electron chi connectivity index (χ4n) is 4.97. The molecule has 2 heterocycles. The molecule has 7 N–H and O–H groups in total. The Morgan fingerprint density at radius 1 is 1.14 bits per heavy atom.